The molecule has 0 saturated heterocycles. The van der Waals surface area contributed by atoms with Crippen LogP contribution in [0, 0.1) is 13.8 Å². The highest BCUT2D eigenvalue weighted by Gasteiger charge is 2.64. The molecule has 53 heavy (non-hydrogen) atoms. The van der Waals surface area contributed by atoms with Crippen molar-refractivity contribution in [1.29, 1.82) is 0 Å². The molecule has 4 aromatic rings. The van der Waals surface area contributed by atoms with Crippen molar-refractivity contribution in [3.05, 3.63) is 67.8 Å². The lowest BCUT2D eigenvalue weighted by Crippen LogP contribution is -2.63. The van der Waals surface area contributed by atoms with Crippen LogP contribution in [-0.2, 0) is 26.1 Å². The molecule has 7 rings (SSSR count). The average molecular weight is 741 g/mol. The number of aldehydes is 2. The molecule has 0 spiro atoms. The molecule has 11 heteroatoms. The molecular weight excluding hydrogens is 693 g/mol. The Labute approximate surface area is 310 Å². The number of aromatic hydroxyl groups is 2. The van der Waals surface area contributed by atoms with Crippen LogP contribution in [0.5, 0.6) is 23.0 Å². The zero-order valence-electron chi connectivity index (χ0n) is 31.7. The maximum Gasteiger partial charge on any atom is 0.471 e. The molecule has 3 aliphatic rings. The number of benzene rings is 4. The molecule has 1 heterocycles. The second-order valence-electron chi connectivity index (χ2n) is 16.5. The smallest absolute Gasteiger partial charge is 0.471 e. The van der Waals surface area contributed by atoms with E-state index in [1.165, 1.54) is 0 Å². The van der Waals surface area contributed by atoms with Crippen molar-refractivity contribution in [1.82, 2.24) is 0 Å². The number of hydrogen-bond acceptors (Lipinski definition) is 10. The van der Waals surface area contributed by atoms with Gasteiger partial charge in [0.2, 0.25) is 0 Å². The van der Waals surface area contributed by atoms with Crippen LogP contribution in [0.25, 0.3) is 21.5 Å². The first-order valence-electron chi connectivity index (χ1n) is 18.1. The number of aliphatic hydroxyl groups excluding tert-OH is 2. The molecule has 1 aliphatic heterocycles. The maximum absolute atomic E-state index is 13.2. The Hall–Kier alpha value is -4.58. The van der Waals surface area contributed by atoms with Gasteiger partial charge in [-0.3, -0.25) is 19.2 Å². The van der Waals surface area contributed by atoms with Gasteiger partial charge < -0.3 is 29.3 Å². The standard InChI is InChI=1S/C25H32O5Si.C17H16O5/c1-14-11-16-18(13-27)15-9-8-10-19(28)20(15)23-21(16)22(17(14)12-26)29-31(30-23,24(2,3)4)25(5,6)7;1-8-5-10-12(7-19)9-3-2-4-13(20)14(9)17(22)15(10)16(21)11(8)6-18/h11-12,27H,8-10,13H2,1-7H3;5-6,19,21-22H,2-4,7H2,1H3. The zero-order valence-corrected chi connectivity index (χ0v) is 32.7. The van der Waals surface area contributed by atoms with Crippen LogP contribution in [0.2, 0.25) is 10.1 Å². The second kappa shape index (κ2) is 13.4. The number of rotatable bonds is 4. The monoisotopic (exact) mass is 740 g/mol. The number of carbonyl (C=O) groups is 4. The summed E-state index contributed by atoms with van der Waals surface area (Å²) in [5, 5.41) is 42.2. The van der Waals surface area contributed by atoms with Crippen LogP contribution < -0.4 is 8.85 Å². The lowest BCUT2D eigenvalue weighted by atomic mass is 9.82. The minimum atomic E-state index is -3.07. The summed E-state index contributed by atoms with van der Waals surface area (Å²) < 4.78 is 13.8. The van der Waals surface area contributed by atoms with Gasteiger partial charge in [-0.25, -0.2) is 0 Å². The fourth-order valence-corrected chi connectivity index (χ4v) is 13.4. The van der Waals surface area contributed by atoms with E-state index in [2.05, 4.69) is 41.5 Å². The van der Waals surface area contributed by atoms with Gasteiger partial charge in [0.1, 0.15) is 23.0 Å². The van der Waals surface area contributed by atoms with E-state index < -0.39 is 8.56 Å². The van der Waals surface area contributed by atoms with Crippen molar-refractivity contribution in [2.75, 3.05) is 0 Å². The number of phenols is 2. The number of aliphatic hydroxyl groups is 2. The molecule has 0 bridgehead atoms. The Morgan fingerprint density at radius 1 is 0.660 bits per heavy atom. The second-order valence-corrected chi connectivity index (χ2v) is 21.1. The summed E-state index contributed by atoms with van der Waals surface area (Å²) in [5.74, 6) is 0.264. The zero-order chi connectivity index (χ0) is 38.9. The van der Waals surface area contributed by atoms with Crippen LogP contribution in [0.1, 0.15) is 142 Å². The van der Waals surface area contributed by atoms with Crippen molar-refractivity contribution in [3.8, 4) is 23.0 Å². The first-order chi connectivity index (χ1) is 24.9. The fourth-order valence-electron chi connectivity index (χ4n) is 8.87. The minimum Gasteiger partial charge on any atom is -0.510 e. The molecule has 0 amide bonds. The Bertz CT molecular complexity index is 2240. The predicted octanol–water partition coefficient (Wildman–Crippen LogP) is 8.17. The van der Waals surface area contributed by atoms with Crippen molar-refractivity contribution < 1.29 is 48.5 Å². The molecule has 0 saturated carbocycles. The molecule has 0 aromatic heterocycles. The Kier molecular flexibility index (Phi) is 9.62. The third kappa shape index (κ3) is 5.66. The van der Waals surface area contributed by atoms with Crippen LogP contribution in [0.3, 0.4) is 0 Å². The summed E-state index contributed by atoms with van der Waals surface area (Å²) in [7, 11) is -3.07. The quantitative estimate of drug-likeness (QED) is 0.118. The summed E-state index contributed by atoms with van der Waals surface area (Å²) in [6.45, 7) is 15.8. The maximum atomic E-state index is 13.2. The molecular formula is C42H48O10Si. The van der Waals surface area contributed by atoms with Crippen molar-refractivity contribution in [2.45, 2.75) is 117 Å². The van der Waals surface area contributed by atoms with Crippen LogP contribution in [0.15, 0.2) is 12.1 Å². The fraction of sp³-hybridized carbons (Fsp3) is 0.429. The molecule has 2 aliphatic carbocycles. The van der Waals surface area contributed by atoms with Gasteiger partial charge in [0.05, 0.1) is 46.2 Å². The summed E-state index contributed by atoms with van der Waals surface area (Å²) in [6, 6.07) is 3.58. The third-order valence-electron chi connectivity index (χ3n) is 11.2. The third-order valence-corrected chi connectivity index (χ3v) is 16.2. The predicted molar refractivity (Wildman–Crippen MR) is 204 cm³/mol. The molecule has 280 valence electrons. The summed E-state index contributed by atoms with van der Waals surface area (Å²) in [5.41, 5.74) is 5.48. The molecule has 0 radical (unpaired) electrons. The van der Waals surface area contributed by atoms with Crippen LogP contribution >= 0.6 is 0 Å². The van der Waals surface area contributed by atoms with Gasteiger partial charge in [0, 0.05) is 22.9 Å². The highest BCUT2D eigenvalue weighted by Crippen LogP contribution is 2.59. The average Bonchev–Trinajstić information content (AvgIpc) is 3.07. The summed E-state index contributed by atoms with van der Waals surface area (Å²) in [6.07, 6.45) is 4.89. The largest absolute Gasteiger partial charge is 0.510 e. The first-order valence-corrected chi connectivity index (χ1v) is 19.9. The number of aryl methyl sites for hydroxylation is 2. The van der Waals surface area contributed by atoms with Crippen molar-refractivity contribution in [2.24, 2.45) is 0 Å². The van der Waals surface area contributed by atoms with Gasteiger partial charge in [-0.05, 0) is 95.8 Å². The lowest BCUT2D eigenvalue weighted by Gasteiger charge is -2.51. The van der Waals surface area contributed by atoms with Gasteiger partial charge in [-0.1, -0.05) is 41.5 Å². The van der Waals surface area contributed by atoms with E-state index in [0.717, 1.165) is 41.2 Å². The van der Waals surface area contributed by atoms with Crippen LogP contribution in [-0.4, -0.2) is 53.1 Å². The van der Waals surface area contributed by atoms with Crippen LogP contribution in [0.4, 0.5) is 0 Å². The van der Waals surface area contributed by atoms with Gasteiger partial charge in [-0.15, -0.1) is 0 Å². The number of phenolic OH excluding ortho intramolecular Hbond substituents is 2. The van der Waals surface area contributed by atoms with Gasteiger partial charge in [0.15, 0.2) is 24.1 Å². The van der Waals surface area contributed by atoms with E-state index in [1.807, 2.05) is 13.0 Å². The molecule has 0 fully saturated rings. The van der Waals surface area contributed by atoms with Gasteiger partial charge >= 0.3 is 8.56 Å². The molecule has 0 atom stereocenters. The van der Waals surface area contributed by atoms with Crippen molar-refractivity contribution >= 4 is 54.2 Å². The van der Waals surface area contributed by atoms with E-state index in [4.69, 9.17) is 8.85 Å². The lowest BCUT2D eigenvalue weighted by molar-refractivity contribution is 0.0960. The SMILES string of the molecule is Cc1cc2c(CO)c3c(c(O)c2c(O)c1C=O)C(=O)CCC3.Cc1cc2c(CO)c3c(c4c2c(c1C=O)O[Si](C(C)(C)C)(C(C)(C)C)O4)C(=O)CCC3. The van der Waals surface area contributed by atoms with Gasteiger partial charge in [-0.2, -0.15) is 0 Å². The summed E-state index contributed by atoms with van der Waals surface area (Å²) in [4.78, 5) is 48.7. The minimum absolute atomic E-state index is 0.0413. The highest BCUT2D eigenvalue weighted by molar-refractivity contribution is 6.75. The van der Waals surface area contributed by atoms with E-state index in [9.17, 15) is 39.6 Å². The molecule has 0 unspecified atom stereocenters. The highest BCUT2D eigenvalue weighted by atomic mass is 28.4. The topological polar surface area (TPSA) is 168 Å². The Balaban J connectivity index is 0.000000192. The number of Topliss-reactive ketones (excluding diaryl/α,β-unsaturated/α-hetero) is 2. The van der Waals surface area contributed by atoms with E-state index in [1.54, 1.807) is 13.0 Å². The molecule has 4 aromatic carbocycles. The number of carbonyl (C=O) groups excluding carboxylic acids is 4. The normalized spacial score (nSPS) is 16.3. The number of hydrogen-bond donors (Lipinski definition) is 4. The molecule has 10 nitrogen and oxygen atoms in total. The van der Waals surface area contributed by atoms with Crippen molar-refractivity contribution in [3.63, 3.8) is 0 Å². The first kappa shape index (κ1) is 38.2. The number of fused-ring (bicyclic) bond motifs is 4. The van der Waals surface area contributed by atoms with E-state index in [-0.39, 0.29) is 62.9 Å². The van der Waals surface area contributed by atoms with E-state index >= 15 is 0 Å². The summed E-state index contributed by atoms with van der Waals surface area (Å²) >= 11 is 0. The Morgan fingerprint density at radius 2 is 1.11 bits per heavy atom. The number of ketones is 2. The van der Waals surface area contributed by atoms with Gasteiger partial charge in [0.25, 0.3) is 0 Å². The molecule has 4 N–H and O–H groups in total. The van der Waals surface area contributed by atoms with E-state index in [0.29, 0.717) is 82.1 Å². The Morgan fingerprint density at radius 3 is 1.60 bits per heavy atom.